The first-order valence-electron chi connectivity index (χ1n) is 9.43. The Morgan fingerprint density at radius 1 is 1.46 bits per heavy atom. The van der Waals surface area contributed by atoms with Crippen molar-refractivity contribution < 1.29 is 4.42 Å². The van der Waals surface area contributed by atoms with E-state index in [1.165, 1.54) is 4.88 Å². The number of nitrogens with zero attached hydrogens (tertiary/aromatic N) is 3. The molecule has 4 heterocycles. The van der Waals surface area contributed by atoms with Gasteiger partial charge in [0, 0.05) is 29.4 Å². The first-order chi connectivity index (χ1) is 13.6. The molecule has 0 fully saturated rings. The lowest BCUT2D eigenvalue weighted by Crippen LogP contribution is -2.30. The highest BCUT2D eigenvalue weighted by molar-refractivity contribution is 7.20. The van der Waals surface area contributed by atoms with Crippen LogP contribution in [0.25, 0.3) is 21.1 Å². The predicted octanol–water partition coefficient (Wildman–Crippen LogP) is 4.07. The van der Waals surface area contributed by atoms with Crippen molar-refractivity contribution >= 4 is 32.5 Å². The van der Waals surface area contributed by atoms with Gasteiger partial charge in [0.05, 0.1) is 29.2 Å². The van der Waals surface area contributed by atoms with Crippen molar-refractivity contribution in [3.05, 3.63) is 64.3 Å². The van der Waals surface area contributed by atoms with E-state index in [1.807, 2.05) is 24.4 Å². The number of hydrogen-bond acceptors (Lipinski definition) is 5. The van der Waals surface area contributed by atoms with E-state index in [0.29, 0.717) is 25.2 Å². The third kappa shape index (κ3) is 3.43. The lowest BCUT2D eigenvalue weighted by atomic mass is 10.2. The van der Waals surface area contributed by atoms with Crippen LogP contribution in [0.2, 0.25) is 0 Å². The molecule has 0 bridgehead atoms. The highest BCUT2D eigenvalue weighted by Gasteiger charge is 2.17. The lowest BCUT2D eigenvalue weighted by Gasteiger charge is -2.13. The van der Waals surface area contributed by atoms with E-state index in [4.69, 9.17) is 4.42 Å². The normalized spacial score (nSPS) is 12.8. The molecule has 1 atom stereocenters. The molecule has 1 N–H and O–H groups in total. The predicted molar refractivity (Wildman–Crippen MR) is 114 cm³/mol. The molecule has 0 aliphatic heterocycles. The van der Waals surface area contributed by atoms with Crippen LogP contribution in [0.3, 0.4) is 0 Å². The first-order valence-corrected chi connectivity index (χ1v) is 10.2. The maximum atomic E-state index is 13.1. The lowest BCUT2D eigenvalue weighted by molar-refractivity contribution is 0.417. The molecule has 0 aromatic carbocycles. The Labute approximate surface area is 167 Å². The second kappa shape index (κ2) is 7.77. The maximum absolute atomic E-state index is 13.1. The SMILES string of the molecule is C=CCn1c2cc(C)sc2c2cnn(CCC(C)NCc3ccco3)c(=O)c21. The van der Waals surface area contributed by atoms with Crippen LogP contribution < -0.4 is 10.9 Å². The van der Waals surface area contributed by atoms with Gasteiger partial charge in [0.2, 0.25) is 0 Å². The van der Waals surface area contributed by atoms with Crippen molar-refractivity contribution in [3.8, 4) is 0 Å². The minimum atomic E-state index is -0.0429. The number of rotatable bonds is 8. The van der Waals surface area contributed by atoms with Gasteiger partial charge in [-0.25, -0.2) is 4.68 Å². The van der Waals surface area contributed by atoms with Gasteiger partial charge < -0.3 is 14.3 Å². The largest absolute Gasteiger partial charge is 0.468 e. The molecule has 0 saturated carbocycles. The fourth-order valence-electron chi connectivity index (χ4n) is 3.50. The van der Waals surface area contributed by atoms with Gasteiger partial charge in [0.25, 0.3) is 5.56 Å². The number of thiophene rings is 1. The summed E-state index contributed by atoms with van der Waals surface area (Å²) in [7, 11) is 0. The number of nitrogens with one attached hydrogen (secondary N) is 1. The van der Waals surface area contributed by atoms with Crippen molar-refractivity contribution in [2.75, 3.05) is 0 Å². The Hall–Kier alpha value is -2.64. The number of fused-ring (bicyclic) bond motifs is 3. The summed E-state index contributed by atoms with van der Waals surface area (Å²) < 4.78 is 10.1. The molecule has 7 heteroatoms. The topological polar surface area (TPSA) is 65.0 Å². The molecule has 0 aliphatic carbocycles. The summed E-state index contributed by atoms with van der Waals surface area (Å²) in [5.41, 5.74) is 1.76. The highest BCUT2D eigenvalue weighted by atomic mass is 32.1. The number of hydrogen-bond donors (Lipinski definition) is 1. The van der Waals surface area contributed by atoms with E-state index in [1.54, 1.807) is 22.3 Å². The molecule has 0 aliphatic rings. The summed E-state index contributed by atoms with van der Waals surface area (Å²) in [5.74, 6) is 0.904. The van der Waals surface area contributed by atoms with Crippen molar-refractivity contribution in [1.29, 1.82) is 0 Å². The Kier molecular flexibility index (Phi) is 5.19. The number of aryl methyl sites for hydroxylation is 2. The average Bonchev–Trinajstić information content (AvgIpc) is 3.38. The van der Waals surface area contributed by atoms with Crippen LogP contribution in [0.1, 0.15) is 24.0 Å². The summed E-state index contributed by atoms with van der Waals surface area (Å²) in [5, 5.41) is 8.79. The van der Waals surface area contributed by atoms with E-state index in [2.05, 4.69) is 41.5 Å². The number of allylic oxidation sites excluding steroid dienone is 1. The summed E-state index contributed by atoms with van der Waals surface area (Å²) in [6, 6.07) is 6.19. The van der Waals surface area contributed by atoms with E-state index in [9.17, 15) is 4.79 Å². The molecule has 0 spiro atoms. The third-order valence-corrected chi connectivity index (χ3v) is 6.02. The zero-order valence-electron chi connectivity index (χ0n) is 16.1. The van der Waals surface area contributed by atoms with Gasteiger partial charge in [-0.3, -0.25) is 4.79 Å². The quantitative estimate of drug-likeness (QED) is 0.456. The highest BCUT2D eigenvalue weighted by Crippen LogP contribution is 2.33. The molecule has 0 radical (unpaired) electrons. The Balaban J connectivity index is 1.58. The van der Waals surface area contributed by atoms with E-state index in [-0.39, 0.29) is 11.6 Å². The second-order valence-electron chi connectivity index (χ2n) is 7.06. The molecule has 6 nitrogen and oxygen atoms in total. The molecule has 28 heavy (non-hydrogen) atoms. The van der Waals surface area contributed by atoms with Crippen molar-refractivity contribution in [3.63, 3.8) is 0 Å². The summed E-state index contributed by atoms with van der Waals surface area (Å²) in [6.07, 6.45) is 6.13. The van der Waals surface area contributed by atoms with Gasteiger partial charge in [-0.1, -0.05) is 6.08 Å². The van der Waals surface area contributed by atoms with Crippen LogP contribution in [0.15, 0.2) is 52.5 Å². The molecule has 146 valence electrons. The molecule has 0 amide bonds. The second-order valence-corrected chi connectivity index (χ2v) is 8.31. The molecule has 4 aromatic heterocycles. The monoisotopic (exact) mass is 396 g/mol. The standard InChI is InChI=1S/C21H24N4O2S/c1-4-8-24-18-11-15(3)28-20(18)17-13-23-25(21(26)19(17)24)9-7-14(2)22-12-16-6-5-10-27-16/h4-6,10-11,13-14,22H,1,7-9,12H2,2-3H3. The Morgan fingerprint density at radius 3 is 3.07 bits per heavy atom. The maximum Gasteiger partial charge on any atom is 0.291 e. The number of furan rings is 1. The molecular weight excluding hydrogens is 372 g/mol. The van der Waals surface area contributed by atoms with Crippen molar-refractivity contribution in [2.24, 2.45) is 0 Å². The zero-order valence-corrected chi connectivity index (χ0v) is 17.0. The van der Waals surface area contributed by atoms with Crippen LogP contribution in [0.5, 0.6) is 0 Å². The molecule has 1 unspecified atom stereocenters. The van der Waals surface area contributed by atoms with Crippen molar-refractivity contribution in [1.82, 2.24) is 19.7 Å². The van der Waals surface area contributed by atoms with Gasteiger partial charge >= 0.3 is 0 Å². The van der Waals surface area contributed by atoms with E-state index in [0.717, 1.165) is 27.8 Å². The molecule has 4 rings (SSSR count). The Bertz CT molecular complexity index is 1170. The molecular formula is C21H24N4O2S. The van der Waals surface area contributed by atoms with Crippen LogP contribution >= 0.6 is 11.3 Å². The molecule has 4 aromatic rings. The van der Waals surface area contributed by atoms with Gasteiger partial charge in [0.15, 0.2) is 0 Å². The van der Waals surface area contributed by atoms with Crippen LogP contribution in [0.4, 0.5) is 0 Å². The fourth-order valence-corrected chi connectivity index (χ4v) is 4.53. The van der Waals surface area contributed by atoms with E-state index < -0.39 is 0 Å². The van der Waals surface area contributed by atoms with Gasteiger partial charge in [-0.05, 0) is 38.5 Å². The minimum absolute atomic E-state index is 0.0429. The average molecular weight is 397 g/mol. The van der Waals surface area contributed by atoms with Crippen molar-refractivity contribution in [2.45, 2.75) is 45.9 Å². The van der Waals surface area contributed by atoms with Gasteiger partial charge in [0.1, 0.15) is 11.3 Å². The summed E-state index contributed by atoms with van der Waals surface area (Å²) in [4.78, 5) is 14.4. The Morgan fingerprint density at radius 2 is 2.32 bits per heavy atom. The van der Waals surface area contributed by atoms with Crippen LogP contribution in [-0.4, -0.2) is 20.4 Å². The third-order valence-electron chi connectivity index (χ3n) is 4.95. The van der Waals surface area contributed by atoms with Crippen LogP contribution in [-0.2, 0) is 19.6 Å². The molecule has 0 saturated heterocycles. The van der Waals surface area contributed by atoms with Gasteiger partial charge in [-0.2, -0.15) is 5.10 Å². The fraction of sp³-hybridized carbons (Fsp3) is 0.333. The minimum Gasteiger partial charge on any atom is -0.468 e. The van der Waals surface area contributed by atoms with Gasteiger partial charge in [-0.15, -0.1) is 17.9 Å². The summed E-state index contributed by atoms with van der Waals surface area (Å²) >= 11 is 1.70. The smallest absolute Gasteiger partial charge is 0.291 e. The number of aromatic nitrogens is 3. The van der Waals surface area contributed by atoms with E-state index >= 15 is 0 Å². The summed E-state index contributed by atoms with van der Waals surface area (Å²) in [6.45, 7) is 9.88. The van der Waals surface area contributed by atoms with Crippen LogP contribution in [0, 0.1) is 6.92 Å². The first kappa shape index (κ1) is 18.7. The zero-order chi connectivity index (χ0) is 19.7.